The van der Waals surface area contributed by atoms with E-state index in [-0.39, 0.29) is 11.8 Å². The maximum Gasteiger partial charge on any atom is 0.244 e. The van der Waals surface area contributed by atoms with Crippen molar-refractivity contribution in [1.82, 2.24) is 24.6 Å². The molecular weight excluding hydrogens is 528 g/mol. The quantitative estimate of drug-likeness (QED) is 0.277. The fraction of sp³-hybridized carbons (Fsp3) is 0.344. The Balaban J connectivity index is 1.06. The van der Waals surface area contributed by atoms with Crippen molar-refractivity contribution >= 4 is 35.0 Å². The van der Waals surface area contributed by atoms with Crippen molar-refractivity contribution in [1.29, 1.82) is 0 Å². The van der Waals surface area contributed by atoms with Crippen LogP contribution in [0.15, 0.2) is 67.1 Å². The lowest BCUT2D eigenvalue weighted by Gasteiger charge is -2.32. The van der Waals surface area contributed by atoms with Crippen LogP contribution in [0.2, 0.25) is 0 Å². The third-order valence-electron chi connectivity index (χ3n) is 8.35. The number of carbonyl (C=O) groups is 2. The number of aryl methyl sites for hydroxylation is 1. The summed E-state index contributed by atoms with van der Waals surface area (Å²) in [5.74, 6) is 1.81. The van der Waals surface area contributed by atoms with Gasteiger partial charge >= 0.3 is 0 Å². The summed E-state index contributed by atoms with van der Waals surface area (Å²) in [6.07, 6.45) is 7.20. The van der Waals surface area contributed by atoms with E-state index in [9.17, 15) is 9.59 Å². The van der Waals surface area contributed by atoms with E-state index in [0.29, 0.717) is 25.0 Å². The predicted molar refractivity (Wildman–Crippen MR) is 163 cm³/mol. The standard InChI is InChI=1S/C32H36N8O2/c1-21-18-34-31(38-29(21)33-19-24-6-4-7-26-28(24)32(2,3)30(42)37-26)36-25-10-8-22(9-11-25)23-12-16-39(17-13-23)27(41)20-40-15-5-14-35-40/h4-11,14-15,18,23H,12-13,16-17,19-20H2,1-3H3,(H,37,42)(H2,33,34,36,38). The van der Waals surface area contributed by atoms with Crippen molar-refractivity contribution < 1.29 is 9.59 Å². The fourth-order valence-corrected chi connectivity index (χ4v) is 5.90. The Morgan fingerprint density at radius 3 is 2.62 bits per heavy atom. The largest absolute Gasteiger partial charge is 0.366 e. The Morgan fingerprint density at radius 1 is 1.10 bits per heavy atom. The normalized spacial score (nSPS) is 16.2. The van der Waals surface area contributed by atoms with E-state index in [1.165, 1.54) is 5.56 Å². The summed E-state index contributed by atoms with van der Waals surface area (Å²) in [5.41, 5.74) is 5.50. The molecule has 2 aromatic heterocycles. The molecule has 6 rings (SSSR count). The van der Waals surface area contributed by atoms with Crippen LogP contribution in [-0.2, 0) is 28.1 Å². The third-order valence-corrected chi connectivity index (χ3v) is 8.35. The maximum absolute atomic E-state index is 12.6. The molecule has 2 aliphatic heterocycles. The zero-order chi connectivity index (χ0) is 29.3. The lowest BCUT2D eigenvalue weighted by Crippen LogP contribution is -2.39. The van der Waals surface area contributed by atoms with Crippen LogP contribution in [0.1, 0.15) is 54.9 Å². The molecule has 2 aromatic carbocycles. The van der Waals surface area contributed by atoms with Crippen LogP contribution in [-0.4, -0.2) is 49.6 Å². The van der Waals surface area contributed by atoms with E-state index in [4.69, 9.17) is 4.98 Å². The Morgan fingerprint density at radius 2 is 1.88 bits per heavy atom. The van der Waals surface area contributed by atoms with Crippen molar-refractivity contribution in [2.75, 3.05) is 29.0 Å². The van der Waals surface area contributed by atoms with Crippen LogP contribution < -0.4 is 16.0 Å². The molecule has 10 nitrogen and oxygen atoms in total. The van der Waals surface area contributed by atoms with Gasteiger partial charge in [-0.15, -0.1) is 0 Å². The molecule has 0 spiro atoms. The van der Waals surface area contributed by atoms with Crippen LogP contribution in [0.4, 0.5) is 23.1 Å². The molecule has 10 heteroatoms. The van der Waals surface area contributed by atoms with Gasteiger partial charge in [-0.25, -0.2) is 4.98 Å². The second-order valence-electron chi connectivity index (χ2n) is 11.6. The average Bonchev–Trinajstić information content (AvgIpc) is 3.59. The number of benzene rings is 2. The number of anilines is 4. The Hall–Kier alpha value is -4.73. The molecule has 0 aliphatic carbocycles. The monoisotopic (exact) mass is 564 g/mol. The number of hydrogen-bond acceptors (Lipinski definition) is 7. The summed E-state index contributed by atoms with van der Waals surface area (Å²) in [5, 5.41) is 13.9. The number of nitrogens with one attached hydrogen (secondary N) is 3. The molecule has 0 saturated carbocycles. The van der Waals surface area contributed by atoms with Gasteiger partial charge in [0.2, 0.25) is 17.8 Å². The maximum atomic E-state index is 12.6. The molecule has 42 heavy (non-hydrogen) atoms. The van der Waals surface area contributed by atoms with Gasteiger partial charge in [0.15, 0.2) is 0 Å². The lowest BCUT2D eigenvalue weighted by atomic mass is 9.83. The van der Waals surface area contributed by atoms with Crippen LogP contribution in [0.5, 0.6) is 0 Å². The molecule has 2 amide bonds. The van der Waals surface area contributed by atoms with Crippen LogP contribution in [0, 0.1) is 6.92 Å². The van der Waals surface area contributed by atoms with Crippen molar-refractivity contribution in [3.05, 3.63) is 89.4 Å². The van der Waals surface area contributed by atoms with Gasteiger partial charge in [-0.1, -0.05) is 24.3 Å². The molecule has 0 unspecified atom stereocenters. The van der Waals surface area contributed by atoms with Gasteiger partial charge in [-0.2, -0.15) is 10.1 Å². The summed E-state index contributed by atoms with van der Waals surface area (Å²) >= 11 is 0. The van der Waals surface area contributed by atoms with Gasteiger partial charge in [0.25, 0.3) is 0 Å². The minimum Gasteiger partial charge on any atom is -0.366 e. The number of hydrogen-bond donors (Lipinski definition) is 3. The van der Waals surface area contributed by atoms with Crippen LogP contribution in [0.25, 0.3) is 0 Å². The molecule has 1 saturated heterocycles. The van der Waals surface area contributed by atoms with E-state index >= 15 is 0 Å². The van der Waals surface area contributed by atoms with Crippen LogP contribution >= 0.6 is 0 Å². The lowest BCUT2D eigenvalue weighted by molar-refractivity contribution is -0.133. The Bertz CT molecular complexity index is 1590. The Labute approximate surface area is 245 Å². The highest BCUT2D eigenvalue weighted by Gasteiger charge is 2.39. The predicted octanol–water partition coefficient (Wildman–Crippen LogP) is 4.97. The van der Waals surface area contributed by atoms with Gasteiger partial charge in [-0.3, -0.25) is 14.3 Å². The van der Waals surface area contributed by atoms with Crippen LogP contribution in [0.3, 0.4) is 0 Å². The molecule has 2 aliphatic rings. The summed E-state index contributed by atoms with van der Waals surface area (Å²) < 4.78 is 1.67. The first-order valence-corrected chi connectivity index (χ1v) is 14.4. The van der Waals surface area contributed by atoms with E-state index in [1.54, 1.807) is 17.1 Å². The van der Waals surface area contributed by atoms with Crippen molar-refractivity contribution in [2.45, 2.75) is 58.0 Å². The van der Waals surface area contributed by atoms with E-state index < -0.39 is 5.41 Å². The minimum absolute atomic E-state index is 0.0163. The number of carbonyl (C=O) groups excluding carboxylic acids is 2. The Kier molecular flexibility index (Phi) is 7.36. The topological polar surface area (TPSA) is 117 Å². The minimum atomic E-state index is -0.581. The van der Waals surface area contributed by atoms with E-state index in [0.717, 1.165) is 59.8 Å². The number of amides is 2. The first-order valence-electron chi connectivity index (χ1n) is 14.4. The summed E-state index contributed by atoms with van der Waals surface area (Å²) in [6.45, 7) is 8.23. The molecule has 0 radical (unpaired) electrons. The number of rotatable bonds is 8. The van der Waals surface area contributed by atoms with Crippen molar-refractivity contribution in [3.63, 3.8) is 0 Å². The van der Waals surface area contributed by atoms with Crippen molar-refractivity contribution in [2.24, 2.45) is 0 Å². The first kappa shape index (κ1) is 27.4. The number of likely N-dealkylation sites (tertiary alicyclic amines) is 1. The number of piperidine rings is 1. The second kappa shape index (κ2) is 11.3. The third kappa shape index (κ3) is 5.57. The smallest absolute Gasteiger partial charge is 0.244 e. The SMILES string of the molecule is Cc1cnc(Nc2ccc(C3CCN(C(=O)Cn4cccn4)CC3)cc2)nc1NCc1cccc2c1C(C)(C)C(=O)N2. The highest BCUT2D eigenvalue weighted by molar-refractivity contribution is 6.06. The zero-order valence-corrected chi connectivity index (χ0v) is 24.2. The molecule has 4 aromatic rings. The summed E-state index contributed by atoms with van der Waals surface area (Å²) in [4.78, 5) is 36.2. The van der Waals surface area contributed by atoms with Gasteiger partial charge in [0.05, 0.1) is 5.41 Å². The average molecular weight is 565 g/mol. The molecule has 3 N–H and O–H groups in total. The number of fused-ring (bicyclic) bond motifs is 1. The molecule has 4 heterocycles. The van der Waals surface area contributed by atoms with Crippen molar-refractivity contribution in [3.8, 4) is 0 Å². The molecular formula is C32H36N8O2. The summed E-state index contributed by atoms with van der Waals surface area (Å²) in [7, 11) is 0. The van der Waals surface area contributed by atoms with Gasteiger partial charge in [0.1, 0.15) is 12.4 Å². The van der Waals surface area contributed by atoms with Gasteiger partial charge in [0, 0.05) is 55.2 Å². The highest BCUT2D eigenvalue weighted by atomic mass is 16.2. The number of nitrogens with zero attached hydrogens (tertiary/aromatic N) is 5. The summed E-state index contributed by atoms with van der Waals surface area (Å²) in [6, 6.07) is 16.2. The second-order valence-corrected chi connectivity index (χ2v) is 11.6. The van der Waals surface area contributed by atoms with E-state index in [1.807, 2.05) is 56.1 Å². The van der Waals surface area contributed by atoms with Gasteiger partial charge in [-0.05, 0) is 80.5 Å². The van der Waals surface area contributed by atoms with Gasteiger partial charge < -0.3 is 20.9 Å². The van der Waals surface area contributed by atoms with E-state index in [2.05, 4.69) is 50.3 Å². The molecule has 0 atom stereocenters. The number of aromatic nitrogens is 4. The molecule has 216 valence electrons. The first-order chi connectivity index (χ1) is 20.3. The molecule has 1 fully saturated rings. The molecule has 0 bridgehead atoms. The zero-order valence-electron chi connectivity index (χ0n) is 24.2. The highest BCUT2D eigenvalue weighted by Crippen LogP contribution is 2.40. The fourth-order valence-electron chi connectivity index (χ4n) is 5.90.